The molecule has 5 rings (SSSR count). The molecule has 8 heteroatoms. The zero-order valence-corrected chi connectivity index (χ0v) is 17.4. The van der Waals surface area contributed by atoms with Gasteiger partial charge < -0.3 is 4.52 Å². The molecular formula is C21H16N4O2S2. The molecule has 5 aromatic rings. The lowest BCUT2D eigenvalue weighted by molar-refractivity contribution is 0.369. The lowest BCUT2D eigenvalue weighted by atomic mass is 10.0. The summed E-state index contributed by atoms with van der Waals surface area (Å²) in [6.45, 7) is 4.33. The maximum atomic E-state index is 13.2. The van der Waals surface area contributed by atoms with Crippen LogP contribution in [-0.4, -0.2) is 19.7 Å². The molecule has 0 saturated carbocycles. The van der Waals surface area contributed by atoms with Crippen LogP contribution in [0.15, 0.2) is 56.1 Å². The van der Waals surface area contributed by atoms with Crippen molar-refractivity contribution in [3.63, 3.8) is 0 Å². The van der Waals surface area contributed by atoms with Crippen molar-refractivity contribution in [3.8, 4) is 22.5 Å². The number of benzene rings is 1. The summed E-state index contributed by atoms with van der Waals surface area (Å²) in [5.41, 5.74) is 5.14. The van der Waals surface area contributed by atoms with Gasteiger partial charge in [-0.15, -0.1) is 11.3 Å². The van der Waals surface area contributed by atoms with Crippen LogP contribution in [0.4, 0.5) is 0 Å². The van der Waals surface area contributed by atoms with Gasteiger partial charge in [-0.1, -0.05) is 23.4 Å². The standard InChI is InChI=1S/C21H16N4O2S2/c1-12-3-4-14(7-13(12)2)16-10-29-20-18(16)21(26)25(11-22-20)8-17-23-19(24-27-17)15-5-6-28-9-15/h3-7,9-11H,8H2,1-2H3. The number of hydrogen-bond donors (Lipinski definition) is 0. The number of hydrogen-bond acceptors (Lipinski definition) is 7. The minimum Gasteiger partial charge on any atom is -0.337 e. The van der Waals surface area contributed by atoms with E-state index >= 15 is 0 Å². The summed E-state index contributed by atoms with van der Waals surface area (Å²) in [5, 5.41) is 10.5. The molecule has 0 amide bonds. The largest absolute Gasteiger partial charge is 0.337 e. The van der Waals surface area contributed by atoms with Crippen molar-refractivity contribution < 1.29 is 4.52 Å². The molecule has 0 atom stereocenters. The van der Waals surface area contributed by atoms with Gasteiger partial charge in [0.15, 0.2) is 0 Å². The van der Waals surface area contributed by atoms with E-state index in [2.05, 4.69) is 41.1 Å². The molecule has 0 radical (unpaired) electrons. The monoisotopic (exact) mass is 420 g/mol. The molecule has 0 fully saturated rings. The summed E-state index contributed by atoms with van der Waals surface area (Å²) in [7, 11) is 0. The van der Waals surface area contributed by atoms with Gasteiger partial charge in [-0.25, -0.2) is 4.98 Å². The van der Waals surface area contributed by atoms with Crippen LogP contribution in [0.5, 0.6) is 0 Å². The first kappa shape index (κ1) is 18.0. The van der Waals surface area contributed by atoms with Crippen molar-refractivity contribution >= 4 is 32.9 Å². The van der Waals surface area contributed by atoms with E-state index in [0.717, 1.165) is 21.5 Å². The smallest absolute Gasteiger partial charge is 0.263 e. The minimum atomic E-state index is -0.111. The molecule has 0 aliphatic carbocycles. The van der Waals surface area contributed by atoms with Crippen LogP contribution in [0.25, 0.3) is 32.7 Å². The van der Waals surface area contributed by atoms with Gasteiger partial charge in [-0.05, 0) is 42.0 Å². The van der Waals surface area contributed by atoms with Crippen LogP contribution in [0.3, 0.4) is 0 Å². The molecule has 0 aliphatic heterocycles. The normalized spacial score (nSPS) is 11.4. The van der Waals surface area contributed by atoms with Crippen molar-refractivity contribution in [1.29, 1.82) is 0 Å². The summed E-state index contributed by atoms with van der Waals surface area (Å²) in [6, 6.07) is 8.16. The fourth-order valence-electron chi connectivity index (χ4n) is 3.18. The quantitative estimate of drug-likeness (QED) is 0.413. The molecule has 0 bridgehead atoms. The number of aryl methyl sites for hydroxylation is 2. The second-order valence-corrected chi connectivity index (χ2v) is 8.47. The highest BCUT2D eigenvalue weighted by atomic mass is 32.1. The lowest BCUT2D eigenvalue weighted by Gasteiger charge is -2.06. The molecule has 6 nitrogen and oxygen atoms in total. The van der Waals surface area contributed by atoms with Crippen LogP contribution in [0, 0.1) is 13.8 Å². The highest BCUT2D eigenvalue weighted by molar-refractivity contribution is 7.17. The number of nitrogens with zero attached hydrogens (tertiary/aromatic N) is 4. The second kappa shape index (κ2) is 7.06. The third-order valence-corrected chi connectivity index (χ3v) is 6.50. The van der Waals surface area contributed by atoms with E-state index in [1.807, 2.05) is 28.3 Å². The van der Waals surface area contributed by atoms with E-state index < -0.39 is 0 Å². The molecule has 0 spiro atoms. The summed E-state index contributed by atoms with van der Waals surface area (Å²) in [6.07, 6.45) is 1.54. The number of thiophene rings is 2. The molecular weight excluding hydrogens is 404 g/mol. The molecule has 0 N–H and O–H groups in total. The molecule has 0 aliphatic rings. The fraction of sp³-hybridized carbons (Fsp3) is 0.143. The zero-order valence-electron chi connectivity index (χ0n) is 15.7. The van der Waals surface area contributed by atoms with Crippen molar-refractivity contribution in [2.75, 3.05) is 0 Å². The second-order valence-electron chi connectivity index (χ2n) is 6.83. The Morgan fingerprint density at radius 2 is 2.00 bits per heavy atom. The predicted molar refractivity (Wildman–Crippen MR) is 116 cm³/mol. The third-order valence-electron chi connectivity index (χ3n) is 4.93. The van der Waals surface area contributed by atoms with Crippen molar-refractivity contribution in [2.24, 2.45) is 0 Å². The van der Waals surface area contributed by atoms with E-state index in [-0.39, 0.29) is 12.1 Å². The lowest BCUT2D eigenvalue weighted by Crippen LogP contribution is -2.21. The molecule has 4 aromatic heterocycles. The van der Waals surface area contributed by atoms with E-state index in [9.17, 15) is 4.79 Å². The molecule has 0 saturated heterocycles. The average Bonchev–Trinajstić information content (AvgIpc) is 3.46. The first-order chi connectivity index (χ1) is 14.1. The van der Waals surface area contributed by atoms with E-state index in [1.54, 1.807) is 17.7 Å². The van der Waals surface area contributed by atoms with Gasteiger partial charge in [-0.3, -0.25) is 9.36 Å². The Bertz CT molecular complexity index is 1380. The molecule has 0 unspecified atom stereocenters. The van der Waals surface area contributed by atoms with E-state index in [4.69, 9.17) is 4.52 Å². The van der Waals surface area contributed by atoms with Gasteiger partial charge in [0, 0.05) is 21.9 Å². The molecule has 29 heavy (non-hydrogen) atoms. The topological polar surface area (TPSA) is 73.8 Å². The van der Waals surface area contributed by atoms with Crippen LogP contribution < -0.4 is 5.56 Å². The van der Waals surface area contributed by atoms with Gasteiger partial charge >= 0.3 is 0 Å². The fourth-order valence-corrected chi connectivity index (χ4v) is 4.72. The first-order valence-electron chi connectivity index (χ1n) is 8.99. The van der Waals surface area contributed by atoms with Crippen LogP contribution >= 0.6 is 22.7 Å². The summed E-state index contributed by atoms with van der Waals surface area (Å²) >= 11 is 3.04. The van der Waals surface area contributed by atoms with Crippen LogP contribution in [0.1, 0.15) is 17.0 Å². The maximum Gasteiger partial charge on any atom is 0.263 e. The zero-order chi connectivity index (χ0) is 20.0. The third kappa shape index (κ3) is 3.20. The number of rotatable bonds is 4. The van der Waals surface area contributed by atoms with Gasteiger partial charge in [0.1, 0.15) is 11.4 Å². The Morgan fingerprint density at radius 1 is 1.10 bits per heavy atom. The average molecular weight is 421 g/mol. The van der Waals surface area contributed by atoms with Crippen molar-refractivity contribution in [2.45, 2.75) is 20.4 Å². The molecule has 1 aromatic carbocycles. The highest BCUT2D eigenvalue weighted by Gasteiger charge is 2.16. The van der Waals surface area contributed by atoms with Crippen LogP contribution in [-0.2, 0) is 6.54 Å². The van der Waals surface area contributed by atoms with Gasteiger partial charge in [0.25, 0.3) is 5.56 Å². The van der Waals surface area contributed by atoms with E-state index in [0.29, 0.717) is 17.1 Å². The number of aromatic nitrogens is 4. The van der Waals surface area contributed by atoms with Gasteiger partial charge in [0.2, 0.25) is 11.7 Å². The Kier molecular flexibility index (Phi) is 4.37. The summed E-state index contributed by atoms with van der Waals surface area (Å²) in [5.74, 6) is 0.895. The summed E-state index contributed by atoms with van der Waals surface area (Å²) in [4.78, 5) is 22.8. The Balaban J connectivity index is 1.55. The van der Waals surface area contributed by atoms with Crippen molar-refractivity contribution in [3.05, 3.63) is 74.1 Å². The first-order valence-corrected chi connectivity index (χ1v) is 10.8. The Morgan fingerprint density at radius 3 is 2.79 bits per heavy atom. The summed E-state index contributed by atoms with van der Waals surface area (Å²) < 4.78 is 6.86. The maximum absolute atomic E-state index is 13.2. The van der Waals surface area contributed by atoms with Crippen LogP contribution in [0.2, 0.25) is 0 Å². The Labute approximate surface area is 174 Å². The highest BCUT2D eigenvalue weighted by Crippen LogP contribution is 2.31. The Hall–Kier alpha value is -3.10. The van der Waals surface area contributed by atoms with Gasteiger partial charge in [-0.2, -0.15) is 16.3 Å². The van der Waals surface area contributed by atoms with Gasteiger partial charge in [0.05, 0.1) is 11.7 Å². The van der Waals surface area contributed by atoms with E-state index in [1.165, 1.54) is 27.0 Å². The number of fused-ring (bicyclic) bond motifs is 1. The SMILES string of the molecule is Cc1ccc(-c2csc3ncn(Cc4nc(-c5ccsc5)no4)c(=O)c23)cc1C. The predicted octanol–water partition coefficient (Wildman–Crippen LogP) is 4.90. The molecule has 4 heterocycles. The molecule has 144 valence electrons. The van der Waals surface area contributed by atoms with Crippen molar-refractivity contribution in [1.82, 2.24) is 19.7 Å². The minimum absolute atomic E-state index is 0.111.